The summed E-state index contributed by atoms with van der Waals surface area (Å²) in [6, 6.07) is 32.2. The van der Waals surface area contributed by atoms with Crippen LogP contribution in [0.4, 0.5) is 4.79 Å². The fourth-order valence-corrected chi connectivity index (χ4v) is 8.56. The van der Waals surface area contributed by atoms with Crippen molar-refractivity contribution in [3.05, 3.63) is 144 Å². The van der Waals surface area contributed by atoms with Gasteiger partial charge in [-0.1, -0.05) is 106 Å². The fourth-order valence-electron chi connectivity index (χ4n) is 8.56. The first-order chi connectivity index (χ1) is 35.7. The third-order valence-corrected chi connectivity index (χ3v) is 12.0. The molecule has 20 heteroatoms. The van der Waals surface area contributed by atoms with Gasteiger partial charge in [0.15, 0.2) is 11.6 Å². The van der Waals surface area contributed by atoms with Crippen LogP contribution in [-0.2, 0) is 19.1 Å². The van der Waals surface area contributed by atoms with Crippen molar-refractivity contribution in [3.63, 3.8) is 0 Å². The van der Waals surface area contributed by atoms with Crippen LogP contribution in [-0.4, -0.2) is 115 Å². The lowest BCUT2D eigenvalue weighted by Gasteiger charge is -2.30. The average Bonchev–Trinajstić information content (AvgIpc) is 4.22. The number of nitrogens with two attached hydrogens (primary N) is 1. The zero-order chi connectivity index (χ0) is 54.0. The van der Waals surface area contributed by atoms with Crippen molar-refractivity contribution < 1.29 is 47.7 Å². The first-order valence-electron chi connectivity index (χ1n) is 24.6. The molecule has 0 aliphatic carbocycles. The highest BCUT2D eigenvalue weighted by molar-refractivity contribution is 6.01. The molecule has 6 atom stereocenters. The predicted molar refractivity (Wildman–Crippen MR) is 279 cm³/mol. The first kappa shape index (κ1) is 55.0. The van der Waals surface area contributed by atoms with Gasteiger partial charge in [-0.3, -0.25) is 9.59 Å². The summed E-state index contributed by atoms with van der Waals surface area (Å²) in [5.74, 6) is 0.462. The number of hydrogen-bond donors (Lipinski definition) is 3. The van der Waals surface area contributed by atoms with Crippen molar-refractivity contribution >= 4 is 29.3 Å². The van der Waals surface area contributed by atoms with E-state index in [1.807, 2.05) is 113 Å². The van der Waals surface area contributed by atoms with Gasteiger partial charge < -0.3 is 54.2 Å². The van der Waals surface area contributed by atoms with E-state index >= 15 is 0 Å². The van der Waals surface area contributed by atoms with Crippen LogP contribution in [0.3, 0.4) is 0 Å². The molecule has 6 aromatic rings. The van der Waals surface area contributed by atoms with Crippen molar-refractivity contribution in [2.75, 3.05) is 27.3 Å². The number of nitrogens with one attached hydrogen (secondary N) is 1. The van der Waals surface area contributed by atoms with E-state index in [0.717, 1.165) is 22.3 Å². The number of likely N-dealkylation sites (tertiary alicyclic amines) is 2. The van der Waals surface area contributed by atoms with E-state index in [-0.39, 0.29) is 42.5 Å². The molecule has 2 aromatic heterocycles. The van der Waals surface area contributed by atoms with Crippen LogP contribution in [0.15, 0.2) is 129 Å². The van der Waals surface area contributed by atoms with Gasteiger partial charge in [0.25, 0.3) is 17.7 Å². The summed E-state index contributed by atoms with van der Waals surface area (Å²) in [5, 5.41) is 28.9. The maximum atomic E-state index is 13.8. The van der Waals surface area contributed by atoms with Crippen molar-refractivity contribution in [2.45, 2.75) is 116 Å². The lowest BCUT2D eigenvalue weighted by atomic mass is 10.0. The number of rotatable bonds is 14. The first-order valence-corrected chi connectivity index (χ1v) is 24.6. The number of aliphatic hydroxyl groups is 1. The molecule has 2 aliphatic rings. The number of nitrogens with zero attached hydrogens (tertiary/aromatic N) is 8. The second-order valence-electron chi connectivity index (χ2n) is 20.2. The Hall–Kier alpha value is -7.81. The monoisotopic (exact) mass is 1030 g/mol. The van der Waals surface area contributed by atoms with Gasteiger partial charge >= 0.3 is 6.09 Å². The molecule has 20 nitrogen and oxygen atoms in total. The van der Waals surface area contributed by atoms with Crippen molar-refractivity contribution in [2.24, 2.45) is 16.0 Å². The van der Waals surface area contributed by atoms with E-state index in [4.69, 9.17) is 33.9 Å². The Balaban J connectivity index is 0.000000228. The highest BCUT2D eigenvalue weighted by Crippen LogP contribution is 2.35. The number of aliphatic hydroxyl groups excluding tert-OH is 1. The van der Waals surface area contributed by atoms with Crippen molar-refractivity contribution in [1.82, 2.24) is 35.4 Å². The number of aromatic nitrogens is 4. The molecule has 4 N–H and O–H groups in total. The van der Waals surface area contributed by atoms with Crippen molar-refractivity contribution in [1.29, 1.82) is 0 Å². The molecule has 3 amide bonds. The van der Waals surface area contributed by atoms with Crippen LogP contribution in [0.5, 0.6) is 0 Å². The van der Waals surface area contributed by atoms with E-state index in [1.165, 1.54) is 14.2 Å². The molecule has 4 heterocycles. The van der Waals surface area contributed by atoms with Crippen LogP contribution in [0, 0.1) is 0 Å². The second kappa shape index (κ2) is 24.0. The number of benzene rings is 4. The fraction of sp³-hybridized carbons (Fsp3) is 0.400. The summed E-state index contributed by atoms with van der Waals surface area (Å²) in [5.41, 5.74) is 11.3. The summed E-state index contributed by atoms with van der Waals surface area (Å²) in [6.07, 6.45) is -1.27. The molecule has 396 valence electrons. The van der Waals surface area contributed by atoms with Crippen LogP contribution in [0.1, 0.15) is 137 Å². The molecule has 0 spiro atoms. The molecule has 2 saturated heterocycles. The Morgan fingerprint density at radius 2 is 1.07 bits per heavy atom. The SMILES string of the molecule is CON=C1C[C@@H](c2noc([C@@H](N)[C@@H](C)O)n2)N(C(=O)c2ccc(-c3ccccc3)cc2)C1.CON=C1C[C@@H](c2noc([C@@H](NC(=O)OC(C)(C)C)[C@@H](C)OC(C)(C)C)n2)N(C(=O)c2ccc(-c3ccccc3)cc2)C1. The lowest BCUT2D eigenvalue weighted by Crippen LogP contribution is -2.42. The molecule has 0 bridgehead atoms. The topological polar surface area (TPSA) is 255 Å². The molecular formula is C55H66N10O10. The number of hydrogen-bond acceptors (Lipinski definition) is 17. The lowest BCUT2D eigenvalue weighted by molar-refractivity contribution is -0.0716. The predicted octanol–water partition coefficient (Wildman–Crippen LogP) is 8.80. The maximum Gasteiger partial charge on any atom is 0.408 e. The van der Waals surface area contributed by atoms with Gasteiger partial charge in [-0.15, -0.1) is 0 Å². The Bertz CT molecular complexity index is 2910. The van der Waals surface area contributed by atoms with Crippen LogP contribution in [0.2, 0.25) is 0 Å². The number of amides is 3. The van der Waals surface area contributed by atoms with Gasteiger partial charge in [-0.2, -0.15) is 9.97 Å². The third kappa shape index (κ3) is 14.3. The quantitative estimate of drug-likeness (QED) is 0.0862. The van der Waals surface area contributed by atoms with Gasteiger partial charge in [-0.05, 0) is 102 Å². The molecule has 4 aromatic carbocycles. The molecule has 0 saturated carbocycles. The summed E-state index contributed by atoms with van der Waals surface area (Å²) in [7, 11) is 2.92. The van der Waals surface area contributed by atoms with E-state index in [0.29, 0.717) is 41.2 Å². The van der Waals surface area contributed by atoms with E-state index in [1.54, 1.807) is 61.8 Å². The highest BCUT2D eigenvalue weighted by Gasteiger charge is 2.41. The van der Waals surface area contributed by atoms with Gasteiger partial charge in [0.05, 0.1) is 42.3 Å². The summed E-state index contributed by atoms with van der Waals surface area (Å²) in [4.78, 5) is 62.1. The van der Waals surface area contributed by atoms with E-state index < -0.39 is 53.7 Å². The standard InChI is InChI=1S/C32H41N5O6.C23H25N5O4/c1-20(41-31(2,3)4)26(33-30(39)42-32(5,6)7)28-34-27(36-43-28)25-18-24(35-40-8)19-37(25)29(38)23-16-14-22(15-17-23)21-12-10-9-11-13-21;1-14(29)20(24)22-25-21(27-32-22)19-12-18(26-31-2)13-28(19)23(30)17-10-8-16(9-11-17)15-6-4-3-5-7-15/h9-17,20,25-26H,18-19H2,1-8H3,(H,33,39);3-11,14,19-20,29H,12-13,24H2,1-2H3/t20-,25+,26+;14-,19+,20+/m11/s1. The molecule has 0 unspecified atom stereocenters. The minimum Gasteiger partial charge on any atom is -0.444 e. The second-order valence-corrected chi connectivity index (χ2v) is 20.2. The Kier molecular flexibility index (Phi) is 17.6. The van der Waals surface area contributed by atoms with Crippen LogP contribution < -0.4 is 11.1 Å². The van der Waals surface area contributed by atoms with Gasteiger partial charge in [0.1, 0.15) is 44.0 Å². The van der Waals surface area contributed by atoms with Crippen LogP contribution >= 0.6 is 0 Å². The largest absolute Gasteiger partial charge is 0.444 e. The summed E-state index contributed by atoms with van der Waals surface area (Å²) >= 11 is 0. The van der Waals surface area contributed by atoms with Crippen LogP contribution in [0.25, 0.3) is 22.3 Å². The smallest absolute Gasteiger partial charge is 0.408 e. The Morgan fingerprint density at radius 1 is 0.653 bits per heavy atom. The van der Waals surface area contributed by atoms with Crippen molar-refractivity contribution in [3.8, 4) is 22.3 Å². The molecule has 2 fully saturated rings. The molecule has 75 heavy (non-hydrogen) atoms. The number of carbonyl (C=O) groups excluding carboxylic acids is 3. The minimum atomic E-state index is -0.849. The zero-order valence-corrected chi connectivity index (χ0v) is 44.0. The normalized spacial score (nSPS) is 18.5. The number of ether oxygens (including phenoxy) is 2. The molecule has 2 aliphatic heterocycles. The Labute approximate surface area is 436 Å². The summed E-state index contributed by atoms with van der Waals surface area (Å²) < 4.78 is 22.5. The third-order valence-electron chi connectivity index (χ3n) is 12.0. The van der Waals surface area contributed by atoms with Gasteiger partial charge in [-0.25, -0.2) is 4.79 Å². The maximum absolute atomic E-state index is 13.8. The molecule has 8 rings (SSSR count). The number of carbonyl (C=O) groups is 3. The Morgan fingerprint density at radius 3 is 1.47 bits per heavy atom. The van der Waals surface area contributed by atoms with E-state index in [2.05, 4.69) is 35.9 Å². The summed E-state index contributed by atoms with van der Waals surface area (Å²) in [6.45, 7) is 15.0. The van der Waals surface area contributed by atoms with Gasteiger partial charge in [0, 0.05) is 24.0 Å². The molecular weight excluding hydrogens is 961 g/mol. The van der Waals surface area contributed by atoms with Gasteiger partial charge in [0.2, 0.25) is 5.89 Å². The highest BCUT2D eigenvalue weighted by atomic mass is 16.6. The minimum absolute atomic E-state index is 0.117. The van der Waals surface area contributed by atoms with E-state index in [9.17, 15) is 19.5 Å². The number of alkyl carbamates (subject to hydrolysis) is 1. The average molecular weight is 1030 g/mol. The number of oxime groups is 2. The zero-order valence-electron chi connectivity index (χ0n) is 44.0. The molecule has 0 radical (unpaired) electrons.